The highest BCUT2D eigenvalue weighted by molar-refractivity contribution is 7.45. The molecule has 0 radical (unpaired) electrons. The molecule has 0 aliphatic carbocycles. The van der Waals surface area contributed by atoms with Crippen LogP contribution in [0.4, 0.5) is 0 Å². The fraction of sp³-hybridized carbons (Fsp3) is 0.649. The number of rotatable bonds is 60. The van der Waals surface area contributed by atoms with Gasteiger partial charge in [-0.15, -0.1) is 0 Å². The lowest BCUT2D eigenvalue weighted by molar-refractivity contribution is -0.870. The molecule has 0 aliphatic heterocycles. The zero-order valence-corrected chi connectivity index (χ0v) is 55.2. The third-order valence-electron chi connectivity index (χ3n) is 13.9. The van der Waals surface area contributed by atoms with Crippen molar-refractivity contribution in [3.63, 3.8) is 0 Å². The zero-order chi connectivity index (χ0) is 61.2. The average molecular weight is 1190 g/mol. The van der Waals surface area contributed by atoms with Crippen LogP contribution in [0.3, 0.4) is 0 Å². The number of allylic oxidation sites excluding steroid dienone is 24. The monoisotopic (exact) mass is 1190 g/mol. The Kier molecular flexibility index (Phi) is 60.3. The number of phosphoric acid groups is 1. The van der Waals surface area contributed by atoms with Gasteiger partial charge in [0, 0.05) is 12.8 Å². The predicted molar refractivity (Wildman–Crippen MR) is 360 cm³/mol. The van der Waals surface area contributed by atoms with Crippen molar-refractivity contribution >= 4 is 19.8 Å². The number of esters is 2. The number of hydrogen-bond donors (Lipinski definition) is 0. The molecule has 0 rings (SSSR count). The number of carbonyl (C=O) groups excluding carboxylic acids is 2. The van der Waals surface area contributed by atoms with E-state index in [2.05, 4.69) is 160 Å². The van der Waals surface area contributed by atoms with Crippen LogP contribution in [0.5, 0.6) is 0 Å². The number of phosphoric ester groups is 1. The van der Waals surface area contributed by atoms with Crippen molar-refractivity contribution in [1.82, 2.24) is 0 Å². The van der Waals surface area contributed by atoms with Crippen LogP contribution in [0, 0.1) is 0 Å². The molecule has 478 valence electrons. The molecule has 10 heteroatoms. The normalized spacial score (nSPS) is 14.1. The molecule has 0 aromatic heterocycles. The number of quaternary nitrogens is 1. The highest BCUT2D eigenvalue weighted by Crippen LogP contribution is 2.38. The minimum Gasteiger partial charge on any atom is -0.756 e. The van der Waals surface area contributed by atoms with Crippen molar-refractivity contribution < 1.29 is 42.1 Å². The van der Waals surface area contributed by atoms with Gasteiger partial charge in [-0.1, -0.05) is 275 Å². The Morgan fingerprint density at radius 1 is 0.369 bits per heavy atom. The summed E-state index contributed by atoms with van der Waals surface area (Å²) in [7, 11) is 1.14. The molecule has 0 saturated carbocycles. The third kappa shape index (κ3) is 67.0. The van der Waals surface area contributed by atoms with Crippen LogP contribution in [0.25, 0.3) is 0 Å². The summed E-state index contributed by atoms with van der Waals surface area (Å²) in [5, 5.41) is 0. The van der Waals surface area contributed by atoms with E-state index in [0.29, 0.717) is 23.9 Å². The standard InChI is InChI=1S/C74H124NO8P/c1-6-8-10-12-14-16-18-20-22-24-26-28-30-31-32-33-34-35-36-37-38-39-40-41-42-43-45-47-49-51-53-55-57-59-61-63-65-67-74(77)83-72(71-82-84(78,79)81-69-68-75(3,4)5)70-80-73(76)66-64-62-60-58-56-54-52-50-48-46-44-29-27-25-23-21-19-17-15-13-11-9-7-2/h8-11,14-17,20-23,26-29,31-32,34-35,46,48,52,54,72H,6-7,12-13,18-19,24-25,30,33,36-45,47,49-51,53,55-71H2,1-5H3/b10-8-,11-9-,16-14-,17-15-,22-20-,23-21-,28-26-,29-27-,32-31-,35-34-,48-46-,54-52-. The van der Waals surface area contributed by atoms with Gasteiger partial charge in [0.25, 0.3) is 7.82 Å². The summed E-state index contributed by atoms with van der Waals surface area (Å²) < 4.78 is 34.2. The summed E-state index contributed by atoms with van der Waals surface area (Å²) in [5.41, 5.74) is 0. The summed E-state index contributed by atoms with van der Waals surface area (Å²) in [6.45, 7) is 3.98. The summed E-state index contributed by atoms with van der Waals surface area (Å²) in [6, 6.07) is 0. The maximum absolute atomic E-state index is 12.9. The van der Waals surface area contributed by atoms with E-state index in [4.69, 9.17) is 18.5 Å². The van der Waals surface area contributed by atoms with Crippen molar-refractivity contribution in [3.05, 3.63) is 146 Å². The van der Waals surface area contributed by atoms with Gasteiger partial charge in [0.1, 0.15) is 19.8 Å². The highest BCUT2D eigenvalue weighted by Gasteiger charge is 2.22. The van der Waals surface area contributed by atoms with Crippen LogP contribution in [0.15, 0.2) is 146 Å². The first-order chi connectivity index (χ1) is 41.0. The van der Waals surface area contributed by atoms with E-state index in [0.717, 1.165) is 122 Å². The molecule has 9 nitrogen and oxygen atoms in total. The molecule has 0 saturated heterocycles. The molecule has 2 unspecified atom stereocenters. The molecular formula is C74H124NO8P. The number of nitrogens with zero attached hydrogens (tertiary/aromatic N) is 1. The van der Waals surface area contributed by atoms with Gasteiger partial charge in [-0.3, -0.25) is 14.2 Å². The Balaban J connectivity index is 4.09. The van der Waals surface area contributed by atoms with Crippen LogP contribution in [-0.2, 0) is 32.7 Å². The van der Waals surface area contributed by atoms with Gasteiger partial charge in [0.2, 0.25) is 0 Å². The first-order valence-electron chi connectivity index (χ1n) is 33.5. The average Bonchev–Trinajstić information content (AvgIpc) is 3.61. The van der Waals surface area contributed by atoms with Crippen molar-refractivity contribution in [3.8, 4) is 0 Å². The van der Waals surface area contributed by atoms with E-state index in [9.17, 15) is 19.0 Å². The Morgan fingerprint density at radius 3 is 0.952 bits per heavy atom. The Bertz CT molecular complexity index is 1930. The minimum atomic E-state index is -4.66. The van der Waals surface area contributed by atoms with Gasteiger partial charge in [0.05, 0.1) is 27.7 Å². The van der Waals surface area contributed by atoms with Crippen molar-refractivity contribution in [2.45, 2.75) is 264 Å². The lowest BCUT2D eigenvalue weighted by atomic mass is 10.0. The van der Waals surface area contributed by atoms with Crippen molar-refractivity contribution in [1.29, 1.82) is 0 Å². The van der Waals surface area contributed by atoms with Crippen molar-refractivity contribution in [2.24, 2.45) is 0 Å². The highest BCUT2D eigenvalue weighted by atomic mass is 31.2. The van der Waals surface area contributed by atoms with Gasteiger partial charge in [-0.05, 0) is 116 Å². The molecule has 0 heterocycles. The molecule has 0 amide bonds. The summed E-state index contributed by atoms with van der Waals surface area (Å²) >= 11 is 0. The summed E-state index contributed by atoms with van der Waals surface area (Å²) in [4.78, 5) is 38.0. The van der Waals surface area contributed by atoms with E-state index in [1.807, 2.05) is 21.1 Å². The molecule has 0 N–H and O–H groups in total. The Hall–Kier alpha value is -4.11. The van der Waals surface area contributed by atoms with Gasteiger partial charge < -0.3 is 27.9 Å². The molecule has 0 aromatic rings. The van der Waals surface area contributed by atoms with Crippen LogP contribution < -0.4 is 4.89 Å². The molecule has 0 spiro atoms. The fourth-order valence-corrected chi connectivity index (χ4v) is 9.51. The van der Waals surface area contributed by atoms with E-state index < -0.39 is 32.5 Å². The Morgan fingerprint density at radius 2 is 0.643 bits per heavy atom. The van der Waals surface area contributed by atoms with Crippen LogP contribution >= 0.6 is 7.82 Å². The van der Waals surface area contributed by atoms with Crippen molar-refractivity contribution in [2.75, 3.05) is 47.5 Å². The van der Waals surface area contributed by atoms with Gasteiger partial charge >= 0.3 is 11.9 Å². The Labute approximate surface area is 516 Å². The number of unbranched alkanes of at least 4 members (excludes halogenated alkanes) is 22. The lowest BCUT2D eigenvalue weighted by Crippen LogP contribution is -2.37. The molecule has 0 bridgehead atoms. The quantitative estimate of drug-likeness (QED) is 0.0195. The first-order valence-corrected chi connectivity index (χ1v) is 35.0. The second-order valence-corrected chi connectivity index (χ2v) is 24.5. The minimum absolute atomic E-state index is 0.0415. The summed E-state index contributed by atoms with van der Waals surface area (Å²) in [5.74, 6) is -0.865. The maximum atomic E-state index is 12.9. The molecule has 0 aromatic carbocycles. The third-order valence-corrected chi connectivity index (χ3v) is 14.8. The van der Waals surface area contributed by atoms with E-state index in [-0.39, 0.29) is 26.1 Å². The molecule has 0 fully saturated rings. The molecule has 0 aliphatic rings. The molecule has 2 atom stereocenters. The predicted octanol–water partition coefficient (Wildman–Crippen LogP) is 21.2. The van der Waals surface area contributed by atoms with Crippen LogP contribution in [0.2, 0.25) is 0 Å². The zero-order valence-electron chi connectivity index (χ0n) is 54.3. The molecule has 84 heavy (non-hydrogen) atoms. The number of ether oxygens (including phenoxy) is 2. The lowest BCUT2D eigenvalue weighted by Gasteiger charge is -2.28. The maximum Gasteiger partial charge on any atom is 0.306 e. The topological polar surface area (TPSA) is 111 Å². The second-order valence-electron chi connectivity index (χ2n) is 23.1. The van der Waals surface area contributed by atoms with Gasteiger partial charge in [0.15, 0.2) is 6.10 Å². The number of carbonyl (C=O) groups is 2. The SMILES string of the molecule is CC/C=C\C/C=C\C/C=C\C/C=C\C/C=C\C/C=C\CCCCCCCCCCCCCCCCCCCCC(=O)OC(COC(=O)CCCCCC/C=C\C/C=C\C/C=C\C/C=C\C/C=C\C/C=C\CC)COP(=O)([O-])OCC[N+](C)(C)C. The largest absolute Gasteiger partial charge is 0.756 e. The number of hydrogen-bond acceptors (Lipinski definition) is 8. The summed E-state index contributed by atoms with van der Waals surface area (Å²) in [6.07, 6.45) is 93.5. The van der Waals surface area contributed by atoms with Gasteiger partial charge in [-0.2, -0.15) is 0 Å². The van der Waals surface area contributed by atoms with E-state index in [1.54, 1.807) is 0 Å². The first kappa shape index (κ1) is 79.9. The fourth-order valence-electron chi connectivity index (χ4n) is 8.78. The second kappa shape index (κ2) is 63.4. The smallest absolute Gasteiger partial charge is 0.306 e. The van der Waals surface area contributed by atoms with Crippen LogP contribution in [0.1, 0.15) is 258 Å². The number of likely N-dealkylation sites (N-methyl/N-ethyl adjacent to an activating group) is 1. The van der Waals surface area contributed by atoms with E-state index in [1.165, 1.54) is 96.3 Å². The van der Waals surface area contributed by atoms with Crippen LogP contribution in [-0.4, -0.2) is 70.0 Å². The molecular weight excluding hydrogens is 1060 g/mol. The van der Waals surface area contributed by atoms with Gasteiger partial charge in [-0.25, -0.2) is 0 Å². The van der Waals surface area contributed by atoms with E-state index >= 15 is 0 Å².